The van der Waals surface area contributed by atoms with Crippen molar-refractivity contribution in [3.05, 3.63) is 17.5 Å². The summed E-state index contributed by atoms with van der Waals surface area (Å²) in [6, 6.07) is 0.546. The van der Waals surface area contributed by atoms with E-state index >= 15 is 0 Å². The molecule has 4 nitrogen and oxygen atoms in total. The highest BCUT2D eigenvalue weighted by molar-refractivity contribution is 5.17. The van der Waals surface area contributed by atoms with E-state index in [1.165, 1.54) is 19.3 Å². The van der Waals surface area contributed by atoms with Crippen LogP contribution in [0.15, 0.2) is 6.20 Å². The topological polar surface area (TPSA) is 47.0 Å². The first kappa shape index (κ1) is 15.2. The van der Waals surface area contributed by atoms with Gasteiger partial charge in [0.25, 0.3) is 0 Å². The molecule has 2 atom stereocenters. The third-order valence-electron chi connectivity index (χ3n) is 4.21. The Bertz CT molecular complexity index is 422. The standard InChI is InChI=1S/C16H27N3O/c1-4-13-7-6-8-15(9-13)20-16-18-11-14(10-17-5-2)12(3)19-16/h11,13,15,17H,4-10H2,1-3H3. The number of aryl methyl sites for hydroxylation is 1. The van der Waals surface area contributed by atoms with Gasteiger partial charge in [-0.05, 0) is 38.6 Å². The van der Waals surface area contributed by atoms with Gasteiger partial charge in [0.15, 0.2) is 0 Å². The lowest BCUT2D eigenvalue weighted by molar-refractivity contribution is 0.111. The third kappa shape index (κ3) is 4.17. The molecule has 1 aliphatic carbocycles. The number of hydrogen-bond acceptors (Lipinski definition) is 4. The van der Waals surface area contributed by atoms with Gasteiger partial charge in [0.05, 0.1) is 0 Å². The van der Waals surface area contributed by atoms with Crippen LogP contribution in [0.4, 0.5) is 0 Å². The molecule has 0 aromatic carbocycles. The van der Waals surface area contributed by atoms with Gasteiger partial charge in [0.2, 0.25) is 0 Å². The molecule has 1 saturated carbocycles. The average molecular weight is 277 g/mol. The van der Waals surface area contributed by atoms with Crippen LogP contribution in [0.3, 0.4) is 0 Å². The maximum Gasteiger partial charge on any atom is 0.316 e. The Kier molecular flexibility index (Phi) is 5.77. The van der Waals surface area contributed by atoms with Gasteiger partial charge in [0.1, 0.15) is 6.10 Å². The summed E-state index contributed by atoms with van der Waals surface area (Å²) in [5, 5.41) is 3.30. The zero-order valence-electron chi connectivity index (χ0n) is 13.0. The minimum atomic E-state index is 0.299. The van der Waals surface area contributed by atoms with Gasteiger partial charge in [-0.1, -0.05) is 26.7 Å². The molecule has 0 amide bonds. The molecule has 2 rings (SSSR count). The Morgan fingerprint density at radius 3 is 2.90 bits per heavy atom. The molecule has 1 heterocycles. The first-order valence-corrected chi connectivity index (χ1v) is 7.92. The molecule has 0 radical (unpaired) electrons. The minimum Gasteiger partial charge on any atom is -0.460 e. The monoisotopic (exact) mass is 277 g/mol. The second-order valence-electron chi connectivity index (χ2n) is 5.72. The highest BCUT2D eigenvalue weighted by Gasteiger charge is 2.22. The Morgan fingerprint density at radius 2 is 2.20 bits per heavy atom. The molecule has 112 valence electrons. The minimum absolute atomic E-state index is 0.299. The van der Waals surface area contributed by atoms with Crippen LogP contribution in [0, 0.1) is 12.8 Å². The number of aromatic nitrogens is 2. The predicted molar refractivity (Wildman–Crippen MR) is 80.8 cm³/mol. The number of nitrogens with one attached hydrogen (secondary N) is 1. The molecule has 1 aromatic heterocycles. The lowest BCUT2D eigenvalue weighted by Gasteiger charge is -2.28. The van der Waals surface area contributed by atoms with E-state index in [-0.39, 0.29) is 0 Å². The van der Waals surface area contributed by atoms with E-state index in [2.05, 4.69) is 29.1 Å². The molecule has 20 heavy (non-hydrogen) atoms. The number of rotatable bonds is 6. The normalized spacial score (nSPS) is 22.8. The molecular formula is C16H27N3O. The zero-order chi connectivity index (χ0) is 14.4. The van der Waals surface area contributed by atoms with Crippen LogP contribution in [0.5, 0.6) is 6.01 Å². The SMILES string of the molecule is CCNCc1cnc(OC2CCCC(CC)C2)nc1C. The van der Waals surface area contributed by atoms with Gasteiger partial charge in [-0.15, -0.1) is 0 Å². The molecule has 0 saturated heterocycles. The summed E-state index contributed by atoms with van der Waals surface area (Å²) >= 11 is 0. The van der Waals surface area contributed by atoms with Crippen molar-refractivity contribution in [3.63, 3.8) is 0 Å². The van der Waals surface area contributed by atoms with Crippen LogP contribution in [0.2, 0.25) is 0 Å². The first-order valence-electron chi connectivity index (χ1n) is 7.92. The predicted octanol–water partition coefficient (Wildman–Crippen LogP) is 3.24. The average Bonchev–Trinajstić information content (AvgIpc) is 2.47. The zero-order valence-corrected chi connectivity index (χ0v) is 13.0. The van der Waals surface area contributed by atoms with E-state index in [9.17, 15) is 0 Å². The molecule has 4 heteroatoms. The summed E-state index contributed by atoms with van der Waals surface area (Å²) in [5.74, 6) is 0.808. The van der Waals surface area contributed by atoms with Crippen LogP contribution in [0.25, 0.3) is 0 Å². The highest BCUT2D eigenvalue weighted by Crippen LogP contribution is 2.28. The molecule has 1 aromatic rings. The molecule has 0 bridgehead atoms. The molecule has 0 aliphatic heterocycles. The van der Waals surface area contributed by atoms with Crippen molar-refractivity contribution in [2.75, 3.05) is 6.54 Å². The first-order chi connectivity index (χ1) is 9.72. The van der Waals surface area contributed by atoms with Crippen molar-refractivity contribution in [1.82, 2.24) is 15.3 Å². The Morgan fingerprint density at radius 1 is 1.35 bits per heavy atom. The van der Waals surface area contributed by atoms with Crippen LogP contribution in [-0.2, 0) is 6.54 Å². The number of nitrogens with zero attached hydrogens (tertiary/aromatic N) is 2. The Labute approximate surface area is 122 Å². The summed E-state index contributed by atoms with van der Waals surface area (Å²) in [5.41, 5.74) is 2.16. The van der Waals surface area contributed by atoms with E-state index in [0.717, 1.165) is 43.1 Å². The molecule has 2 unspecified atom stereocenters. The highest BCUT2D eigenvalue weighted by atomic mass is 16.5. The fourth-order valence-corrected chi connectivity index (χ4v) is 2.83. The number of ether oxygens (including phenoxy) is 1. The summed E-state index contributed by atoms with van der Waals surface area (Å²) in [4.78, 5) is 8.86. The van der Waals surface area contributed by atoms with Crippen molar-refractivity contribution in [2.24, 2.45) is 5.92 Å². The second kappa shape index (κ2) is 7.58. The fraction of sp³-hybridized carbons (Fsp3) is 0.750. The Hall–Kier alpha value is -1.16. The molecule has 1 N–H and O–H groups in total. The van der Waals surface area contributed by atoms with Gasteiger partial charge in [-0.2, -0.15) is 0 Å². The van der Waals surface area contributed by atoms with Crippen LogP contribution in [-0.4, -0.2) is 22.6 Å². The van der Waals surface area contributed by atoms with Crippen molar-refractivity contribution >= 4 is 0 Å². The van der Waals surface area contributed by atoms with Gasteiger partial charge < -0.3 is 10.1 Å². The van der Waals surface area contributed by atoms with Crippen LogP contribution < -0.4 is 10.1 Å². The molecule has 1 fully saturated rings. The van der Waals surface area contributed by atoms with Crippen molar-refractivity contribution in [3.8, 4) is 6.01 Å². The summed E-state index contributed by atoms with van der Waals surface area (Å²) in [6.07, 6.45) is 8.34. The summed E-state index contributed by atoms with van der Waals surface area (Å²) in [7, 11) is 0. The van der Waals surface area contributed by atoms with E-state index in [0.29, 0.717) is 12.1 Å². The number of hydrogen-bond donors (Lipinski definition) is 1. The second-order valence-corrected chi connectivity index (χ2v) is 5.72. The lowest BCUT2D eigenvalue weighted by atomic mass is 9.85. The summed E-state index contributed by atoms with van der Waals surface area (Å²) in [6.45, 7) is 8.17. The van der Waals surface area contributed by atoms with Gasteiger partial charge in [-0.25, -0.2) is 9.97 Å². The van der Waals surface area contributed by atoms with Crippen LogP contribution >= 0.6 is 0 Å². The van der Waals surface area contributed by atoms with Gasteiger partial charge >= 0.3 is 6.01 Å². The van der Waals surface area contributed by atoms with E-state index in [1.807, 2.05) is 13.1 Å². The quantitative estimate of drug-likeness (QED) is 0.867. The maximum absolute atomic E-state index is 5.99. The van der Waals surface area contributed by atoms with Crippen molar-refractivity contribution in [2.45, 2.75) is 65.5 Å². The maximum atomic E-state index is 5.99. The molecular weight excluding hydrogens is 250 g/mol. The molecule has 1 aliphatic rings. The van der Waals surface area contributed by atoms with Gasteiger partial charge in [0, 0.05) is 24.0 Å². The lowest BCUT2D eigenvalue weighted by Crippen LogP contribution is -2.26. The molecule has 0 spiro atoms. The van der Waals surface area contributed by atoms with Crippen molar-refractivity contribution < 1.29 is 4.74 Å². The third-order valence-corrected chi connectivity index (χ3v) is 4.21. The van der Waals surface area contributed by atoms with Crippen LogP contribution in [0.1, 0.15) is 57.2 Å². The Balaban J connectivity index is 1.94. The smallest absolute Gasteiger partial charge is 0.316 e. The van der Waals surface area contributed by atoms with E-state index < -0.39 is 0 Å². The van der Waals surface area contributed by atoms with Gasteiger partial charge in [-0.3, -0.25) is 0 Å². The van der Waals surface area contributed by atoms with Crippen molar-refractivity contribution in [1.29, 1.82) is 0 Å². The largest absolute Gasteiger partial charge is 0.460 e. The van der Waals surface area contributed by atoms with E-state index in [4.69, 9.17) is 4.74 Å². The summed E-state index contributed by atoms with van der Waals surface area (Å²) < 4.78 is 5.99. The fourth-order valence-electron chi connectivity index (χ4n) is 2.83. The van der Waals surface area contributed by atoms with E-state index in [1.54, 1.807) is 0 Å².